The van der Waals surface area contributed by atoms with Crippen molar-refractivity contribution in [1.82, 2.24) is 25.1 Å². The van der Waals surface area contributed by atoms with Gasteiger partial charge in [0.1, 0.15) is 11.5 Å². The summed E-state index contributed by atoms with van der Waals surface area (Å²) in [5.74, 6) is 0.859. The number of H-pyrrole nitrogens is 2. The van der Waals surface area contributed by atoms with E-state index in [9.17, 15) is 4.79 Å². The molecule has 0 unspecified atom stereocenters. The van der Waals surface area contributed by atoms with Crippen LogP contribution in [0.2, 0.25) is 0 Å². The van der Waals surface area contributed by atoms with Gasteiger partial charge in [-0.1, -0.05) is 24.3 Å². The van der Waals surface area contributed by atoms with Crippen LogP contribution in [0.15, 0.2) is 73.2 Å². The number of carbonyl (C=O) groups excluding carboxylic acids is 1. The number of hydrogen-bond acceptors (Lipinski definition) is 6. The van der Waals surface area contributed by atoms with Gasteiger partial charge in [-0.2, -0.15) is 5.10 Å². The van der Waals surface area contributed by atoms with Gasteiger partial charge in [-0.05, 0) is 35.9 Å². The van der Waals surface area contributed by atoms with Crippen LogP contribution < -0.4 is 5.32 Å². The third-order valence-corrected chi connectivity index (χ3v) is 4.93. The molecule has 0 fully saturated rings. The minimum atomic E-state index is -0.404. The molecule has 0 aliphatic carbocycles. The van der Waals surface area contributed by atoms with Gasteiger partial charge in [0.2, 0.25) is 0 Å². The smallest absolute Gasteiger partial charge is 0.354 e. The summed E-state index contributed by atoms with van der Waals surface area (Å²) >= 11 is 0. The average molecular weight is 410 g/mol. The number of aromatic nitrogens is 5. The summed E-state index contributed by atoms with van der Waals surface area (Å²) in [6.45, 7) is 0. The standard InChI is InChI=1S/C23H18N6O2/c1-31-23(30)20-10-15-2-3-16(11-19(15)28-20)22-24-9-8-21(29-22)27-18-6-4-14(5-7-18)17-12-25-26-13-17/h2-13,28H,1H3,(H,25,26)(H,24,27,29). The van der Waals surface area contributed by atoms with Crippen molar-refractivity contribution < 1.29 is 9.53 Å². The summed E-state index contributed by atoms with van der Waals surface area (Å²) < 4.78 is 4.77. The van der Waals surface area contributed by atoms with Crippen LogP contribution in [0, 0.1) is 0 Å². The number of aromatic amines is 2. The van der Waals surface area contributed by atoms with Crippen molar-refractivity contribution in [3.8, 4) is 22.5 Å². The van der Waals surface area contributed by atoms with Gasteiger partial charge >= 0.3 is 5.97 Å². The van der Waals surface area contributed by atoms with Crippen molar-refractivity contribution in [3.05, 3.63) is 78.9 Å². The van der Waals surface area contributed by atoms with E-state index in [-0.39, 0.29) is 0 Å². The molecular weight excluding hydrogens is 392 g/mol. The second-order valence-electron chi connectivity index (χ2n) is 6.93. The van der Waals surface area contributed by atoms with E-state index in [2.05, 4.69) is 30.5 Å². The van der Waals surface area contributed by atoms with Crippen molar-refractivity contribution in [3.63, 3.8) is 0 Å². The molecule has 0 spiro atoms. The maximum Gasteiger partial charge on any atom is 0.354 e. The molecule has 152 valence electrons. The molecule has 3 heterocycles. The van der Waals surface area contributed by atoms with Gasteiger partial charge in [0.05, 0.1) is 13.3 Å². The van der Waals surface area contributed by atoms with Crippen LogP contribution in [0.5, 0.6) is 0 Å². The Bertz CT molecular complexity index is 1360. The summed E-state index contributed by atoms with van der Waals surface area (Å²) in [5, 5.41) is 11.0. The van der Waals surface area contributed by atoms with Crippen molar-refractivity contribution in [2.24, 2.45) is 0 Å². The molecule has 8 heteroatoms. The van der Waals surface area contributed by atoms with Gasteiger partial charge in [0.15, 0.2) is 5.82 Å². The normalized spacial score (nSPS) is 10.9. The van der Waals surface area contributed by atoms with E-state index in [1.807, 2.05) is 54.7 Å². The molecule has 31 heavy (non-hydrogen) atoms. The molecule has 5 rings (SSSR count). The molecule has 8 nitrogen and oxygen atoms in total. The van der Waals surface area contributed by atoms with Gasteiger partial charge < -0.3 is 15.0 Å². The molecule has 0 saturated heterocycles. The predicted molar refractivity (Wildman–Crippen MR) is 118 cm³/mol. The first-order chi connectivity index (χ1) is 15.2. The van der Waals surface area contributed by atoms with Gasteiger partial charge in [-0.3, -0.25) is 5.10 Å². The molecule has 0 aliphatic heterocycles. The number of carbonyl (C=O) groups is 1. The van der Waals surface area contributed by atoms with Crippen LogP contribution in [0.1, 0.15) is 10.5 Å². The fourth-order valence-electron chi connectivity index (χ4n) is 3.36. The van der Waals surface area contributed by atoms with Crippen molar-refractivity contribution in [2.75, 3.05) is 12.4 Å². The minimum absolute atomic E-state index is 0.404. The van der Waals surface area contributed by atoms with E-state index in [4.69, 9.17) is 4.74 Å². The van der Waals surface area contributed by atoms with Crippen LogP contribution in [0.25, 0.3) is 33.4 Å². The summed E-state index contributed by atoms with van der Waals surface area (Å²) in [7, 11) is 1.36. The van der Waals surface area contributed by atoms with Gasteiger partial charge in [-0.15, -0.1) is 0 Å². The second kappa shape index (κ2) is 7.75. The van der Waals surface area contributed by atoms with E-state index in [0.717, 1.165) is 33.3 Å². The lowest BCUT2D eigenvalue weighted by Gasteiger charge is -2.08. The lowest BCUT2D eigenvalue weighted by atomic mass is 10.1. The number of hydrogen-bond donors (Lipinski definition) is 3. The fourth-order valence-corrected chi connectivity index (χ4v) is 3.36. The molecular formula is C23H18N6O2. The number of benzene rings is 2. The number of fused-ring (bicyclic) bond motifs is 1. The lowest BCUT2D eigenvalue weighted by molar-refractivity contribution is 0.0595. The summed E-state index contributed by atoms with van der Waals surface area (Å²) in [5.41, 5.74) is 5.09. The molecule has 0 atom stereocenters. The highest BCUT2D eigenvalue weighted by atomic mass is 16.5. The molecule has 0 saturated carbocycles. The van der Waals surface area contributed by atoms with Gasteiger partial charge in [-0.25, -0.2) is 14.8 Å². The summed E-state index contributed by atoms with van der Waals surface area (Å²) in [6, 6.07) is 17.4. The highest BCUT2D eigenvalue weighted by Crippen LogP contribution is 2.25. The lowest BCUT2D eigenvalue weighted by Crippen LogP contribution is -2.00. The van der Waals surface area contributed by atoms with E-state index in [1.165, 1.54) is 7.11 Å². The van der Waals surface area contributed by atoms with Crippen LogP contribution in [-0.2, 0) is 4.74 Å². The topological polar surface area (TPSA) is 109 Å². The number of nitrogens with one attached hydrogen (secondary N) is 3. The Balaban J connectivity index is 1.39. The van der Waals surface area contributed by atoms with Crippen LogP contribution in [-0.4, -0.2) is 38.2 Å². The number of nitrogens with zero attached hydrogens (tertiary/aromatic N) is 3. The summed E-state index contributed by atoms with van der Waals surface area (Å²) in [6.07, 6.45) is 5.35. The molecule has 0 bridgehead atoms. The molecule has 0 aliphatic rings. The van der Waals surface area contributed by atoms with Crippen LogP contribution in [0.4, 0.5) is 11.5 Å². The molecule has 5 aromatic rings. The van der Waals surface area contributed by atoms with E-state index in [0.29, 0.717) is 17.3 Å². The Labute approximate surface area is 177 Å². The van der Waals surface area contributed by atoms with Crippen molar-refractivity contribution >= 4 is 28.4 Å². The number of anilines is 2. The first-order valence-electron chi connectivity index (χ1n) is 9.60. The maximum absolute atomic E-state index is 11.8. The van der Waals surface area contributed by atoms with E-state index in [1.54, 1.807) is 18.5 Å². The van der Waals surface area contributed by atoms with Gasteiger partial charge in [0.25, 0.3) is 0 Å². The zero-order valence-corrected chi connectivity index (χ0v) is 16.6. The Morgan fingerprint density at radius 2 is 1.84 bits per heavy atom. The number of rotatable bonds is 5. The SMILES string of the molecule is COC(=O)c1cc2ccc(-c3nccc(Nc4ccc(-c5cn[nH]c5)cc4)n3)cc2[nH]1. The highest BCUT2D eigenvalue weighted by molar-refractivity contribution is 5.95. The summed E-state index contributed by atoms with van der Waals surface area (Å²) in [4.78, 5) is 23.9. The third kappa shape index (κ3) is 3.74. The highest BCUT2D eigenvalue weighted by Gasteiger charge is 2.11. The Morgan fingerprint density at radius 1 is 1.00 bits per heavy atom. The second-order valence-corrected chi connectivity index (χ2v) is 6.93. The monoisotopic (exact) mass is 410 g/mol. The number of esters is 1. The zero-order valence-electron chi connectivity index (χ0n) is 16.6. The first-order valence-corrected chi connectivity index (χ1v) is 9.60. The third-order valence-electron chi connectivity index (χ3n) is 4.93. The molecule has 0 amide bonds. The fraction of sp³-hybridized carbons (Fsp3) is 0.0435. The van der Waals surface area contributed by atoms with Crippen LogP contribution >= 0.6 is 0 Å². The molecule has 2 aromatic carbocycles. The quantitative estimate of drug-likeness (QED) is 0.367. The molecule has 3 N–H and O–H groups in total. The van der Waals surface area contributed by atoms with Gasteiger partial charge in [0, 0.05) is 40.1 Å². The van der Waals surface area contributed by atoms with Crippen LogP contribution in [0.3, 0.4) is 0 Å². The maximum atomic E-state index is 11.8. The Morgan fingerprint density at radius 3 is 2.61 bits per heavy atom. The largest absolute Gasteiger partial charge is 0.464 e. The van der Waals surface area contributed by atoms with Crippen molar-refractivity contribution in [1.29, 1.82) is 0 Å². The van der Waals surface area contributed by atoms with E-state index >= 15 is 0 Å². The predicted octanol–water partition coefficient (Wildman–Crippen LogP) is 4.55. The molecule has 3 aromatic heterocycles. The first kappa shape index (κ1) is 18.6. The average Bonchev–Trinajstić information content (AvgIpc) is 3.49. The van der Waals surface area contributed by atoms with Crippen molar-refractivity contribution in [2.45, 2.75) is 0 Å². The number of ether oxygens (including phenoxy) is 1. The number of methoxy groups -OCH3 is 1. The Hall–Kier alpha value is -4.46. The van der Waals surface area contributed by atoms with E-state index < -0.39 is 5.97 Å². The molecule has 0 radical (unpaired) electrons. The zero-order chi connectivity index (χ0) is 21.2. The minimum Gasteiger partial charge on any atom is -0.464 e. The Kier molecular flexibility index (Phi) is 4.64.